The lowest BCUT2D eigenvalue weighted by atomic mass is 10.3. The van der Waals surface area contributed by atoms with Crippen LogP contribution in [0, 0.1) is 0 Å². The van der Waals surface area contributed by atoms with Crippen LogP contribution in [0.5, 0.6) is 0 Å². The number of halogens is 1. The SMILES string of the molecule is CN(C1CCCC1)S(=O)(=O)c1ccc(N)cc1Br. The van der Waals surface area contributed by atoms with Crippen LogP contribution in [0.1, 0.15) is 25.7 Å². The van der Waals surface area contributed by atoms with Gasteiger partial charge in [0.05, 0.1) is 4.90 Å². The highest BCUT2D eigenvalue weighted by Gasteiger charge is 2.31. The molecule has 0 aliphatic heterocycles. The van der Waals surface area contributed by atoms with Gasteiger partial charge >= 0.3 is 0 Å². The zero-order valence-corrected chi connectivity index (χ0v) is 12.7. The highest BCUT2D eigenvalue weighted by atomic mass is 79.9. The van der Waals surface area contributed by atoms with Crippen molar-refractivity contribution in [1.82, 2.24) is 4.31 Å². The zero-order valence-electron chi connectivity index (χ0n) is 10.3. The fraction of sp³-hybridized carbons (Fsp3) is 0.500. The molecule has 0 unspecified atom stereocenters. The van der Waals surface area contributed by atoms with Crippen molar-refractivity contribution in [2.45, 2.75) is 36.6 Å². The minimum atomic E-state index is -3.44. The lowest BCUT2D eigenvalue weighted by Gasteiger charge is -2.24. The smallest absolute Gasteiger partial charge is 0.244 e. The van der Waals surface area contributed by atoms with E-state index >= 15 is 0 Å². The molecular formula is C12H17BrN2O2S. The van der Waals surface area contributed by atoms with Crippen molar-refractivity contribution < 1.29 is 8.42 Å². The zero-order chi connectivity index (χ0) is 13.3. The molecule has 1 aromatic rings. The maximum Gasteiger partial charge on any atom is 0.244 e. The standard InChI is InChI=1S/C12H17BrN2O2S/c1-15(10-4-2-3-5-10)18(16,17)12-7-6-9(14)8-11(12)13/h6-8,10H,2-5,14H2,1H3. The third-order valence-electron chi connectivity index (χ3n) is 3.45. The van der Waals surface area contributed by atoms with Crippen LogP contribution in [-0.4, -0.2) is 25.8 Å². The second-order valence-corrected chi connectivity index (χ2v) is 7.47. The number of hydrogen-bond donors (Lipinski definition) is 1. The van der Waals surface area contributed by atoms with E-state index in [1.807, 2.05) is 0 Å². The van der Waals surface area contributed by atoms with E-state index in [0.717, 1.165) is 25.7 Å². The second kappa shape index (κ2) is 5.19. The topological polar surface area (TPSA) is 63.4 Å². The molecule has 0 amide bonds. The first kappa shape index (κ1) is 13.8. The van der Waals surface area contributed by atoms with E-state index in [9.17, 15) is 8.42 Å². The predicted molar refractivity (Wildman–Crippen MR) is 75.8 cm³/mol. The summed E-state index contributed by atoms with van der Waals surface area (Å²) < 4.78 is 27.0. The molecule has 4 nitrogen and oxygen atoms in total. The van der Waals surface area contributed by atoms with Crippen LogP contribution in [0.3, 0.4) is 0 Å². The Labute approximate surface area is 116 Å². The highest BCUT2D eigenvalue weighted by molar-refractivity contribution is 9.10. The van der Waals surface area contributed by atoms with Crippen molar-refractivity contribution in [2.24, 2.45) is 0 Å². The van der Waals surface area contributed by atoms with Crippen molar-refractivity contribution in [3.63, 3.8) is 0 Å². The van der Waals surface area contributed by atoms with Gasteiger partial charge < -0.3 is 5.73 Å². The van der Waals surface area contributed by atoms with Gasteiger partial charge in [0.25, 0.3) is 0 Å². The van der Waals surface area contributed by atoms with Gasteiger partial charge in [-0.2, -0.15) is 4.31 Å². The van der Waals surface area contributed by atoms with E-state index < -0.39 is 10.0 Å². The molecule has 1 aliphatic carbocycles. The molecule has 1 saturated carbocycles. The number of sulfonamides is 1. The van der Waals surface area contributed by atoms with Crippen LogP contribution in [0.25, 0.3) is 0 Å². The van der Waals surface area contributed by atoms with E-state index in [2.05, 4.69) is 15.9 Å². The fourth-order valence-electron chi connectivity index (χ4n) is 2.35. The van der Waals surface area contributed by atoms with Crippen LogP contribution in [0.4, 0.5) is 5.69 Å². The Morgan fingerprint density at radius 1 is 1.33 bits per heavy atom. The lowest BCUT2D eigenvalue weighted by molar-refractivity contribution is 0.373. The van der Waals surface area contributed by atoms with Gasteiger partial charge in [0.1, 0.15) is 0 Å². The molecule has 18 heavy (non-hydrogen) atoms. The minimum absolute atomic E-state index is 0.124. The summed E-state index contributed by atoms with van der Waals surface area (Å²) in [7, 11) is -1.78. The van der Waals surface area contributed by atoms with Crippen LogP contribution in [-0.2, 0) is 10.0 Å². The Balaban J connectivity index is 2.35. The van der Waals surface area contributed by atoms with E-state index in [4.69, 9.17) is 5.73 Å². The molecule has 2 rings (SSSR count). The van der Waals surface area contributed by atoms with Crippen LogP contribution < -0.4 is 5.73 Å². The number of anilines is 1. The fourth-order valence-corrected chi connectivity index (χ4v) is 4.81. The first-order valence-corrected chi connectivity index (χ1v) is 8.19. The maximum atomic E-state index is 12.5. The van der Waals surface area contributed by atoms with Gasteiger partial charge in [0.15, 0.2) is 0 Å². The van der Waals surface area contributed by atoms with E-state index in [1.54, 1.807) is 25.2 Å². The molecule has 2 N–H and O–H groups in total. The summed E-state index contributed by atoms with van der Waals surface area (Å²) in [4.78, 5) is 0.283. The Kier molecular flexibility index (Phi) is 3.99. The molecule has 1 fully saturated rings. The van der Waals surface area contributed by atoms with Gasteiger partial charge in [-0.3, -0.25) is 0 Å². The average molecular weight is 333 g/mol. The predicted octanol–water partition coefficient (Wildman–Crippen LogP) is 2.59. The van der Waals surface area contributed by atoms with Crippen LogP contribution >= 0.6 is 15.9 Å². The largest absolute Gasteiger partial charge is 0.399 e. The monoisotopic (exact) mass is 332 g/mol. The Morgan fingerprint density at radius 2 is 1.94 bits per heavy atom. The van der Waals surface area contributed by atoms with E-state index in [-0.39, 0.29) is 10.9 Å². The third kappa shape index (κ3) is 2.55. The highest BCUT2D eigenvalue weighted by Crippen LogP contribution is 2.31. The van der Waals surface area contributed by atoms with Gasteiger partial charge in [0, 0.05) is 23.2 Å². The molecule has 100 valence electrons. The summed E-state index contributed by atoms with van der Waals surface area (Å²) in [6.07, 6.45) is 4.10. The quantitative estimate of drug-likeness (QED) is 0.865. The summed E-state index contributed by atoms with van der Waals surface area (Å²) in [5.74, 6) is 0. The van der Waals surface area contributed by atoms with E-state index in [1.165, 1.54) is 4.31 Å². The number of nitrogen functional groups attached to an aromatic ring is 1. The molecule has 0 atom stereocenters. The minimum Gasteiger partial charge on any atom is -0.399 e. The Bertz CT molecular complexity index is 539. The van der Waals surface area contributed by atoms with Crippen molar-refractivity contribution >= 4 is 31.6 Å². The van der Waals surface area contributed by atoms with Gasteiger partial charge in [-0.05, 0) is 47.0 Å². The molecule has 1 aromatic carbocycles. The van der Waals surface area contributed by atoms with Crippen molar-refractivity contribution in [2.75, 3.05) is 12.8 Å². The normalized spacial score (nSPS) is 17.5. The van der Waals surface area contributed by atoms with Crippen molar-refractivity contribution in [3.8, 4) is 0 Å². The lowest BCUT2D eigenvalue weighted by Crippen LogP contribution is -2.35. The van der Waals surface area contributed by atoms with Gasteiger partial charge in [-0.25, -0.2) is 8.42 Å². The molecule has 0 heterocycles. The molecule has 1 aliphatic rings. The van der Waals surface area contributed by atoms with Crippen molar-refractivity contribution in [3.05, 3.63) is 22.7 Å². The Morgan fingerprint density at radius 3 is 2.50 bits per heavy atom. The van der Waals surface area contributed by atoms with Gasteiger partial charge in [-0.15, -0.1) is 0 Å². The molecule has 0 spiro atoms. The molecule has 0 bridgehead atoms. The summed E-state index contributed by atoms with van der Waals surface area (Å²) in [5.41, 5.74) is 6.18. The Hall–Kier alpha value is -0.590. The maximum absolute atomic E-state index is 12.5. The molecule has 0 aromatic heterocycles. The molecular weight excluding hydrogens is 316 g/mol. The number of nitrogens with two attached hydrogens (primary N) is 1. The van der Waals surface area contributed by atoms with E-state index in [0.29, 0.717) is 10.2 Å². The number of benzene rings is 1. The first-order valence-electron chi connectivity index (χ1n) is 5.96. The number of hydrogen-bond acceptors (Lipinski definition) is 3. The average Bonchev–Trinajstić information content (AvgIpc) is 2.80. The molecule has 0 radical (unpaired) electrons. The third-order valence-corrected chi connectivity index (χ3v) is 6.34. The van der Waals surface area contributed by atoms with Crippen LogP contribution in [0.2, 0.25) is 0 Å². The van der Waals surface area contributed by atoms with Crippen LogP contribution in [0.15, 0.2) is 27.6 Å². The molecule has 6 heteroatoms. The molecule has 0 saturated heterocycles. The first-order chi connectivity index (χ1) is 8.43. The number of rotatable bonds is 3. The number of nitrogens with zero attached hydrogens (tertiary/aromatic N) is 1. The summed E-state index contributed by atoms with van der Waals surface area (Å²) in [6, 6.07) is 4.91. The second-order valence-electron chi connectivity index (χ2n) is 4.65. The van der Waals surface area contributed by atoms with Gasteiger partial charge in [-0.1, -0.05) is 12.8 Å². The summed E-state index contributed by atoms with van der Waals surface area (Å²) in [6.45, 7) is 0. The summed E-state index contributed by atoms with van der Waals surface area (Å²) >= 11 is 3.27. The van der Waals surface area contributed by atoms with Crippen molar-refractivity contribution in [1.29, 1.82) is 0 Å². The van der Waals surface area contributed by atoms with Gasteiger partial charge in [0.2, 0.25) is 10.0 Å². The summed E-state index contributed by atoms with van der Waals surface area (Å²) in [5, 5.41) is 0.